The van der Waals surface area contributed by atoms with Crippen molar-refractivity contribution in [3.63, 3.8) is 0 Å². The highest BCUT2D eigenvalue weighted by molar-refractivity contribution is 7.91. The Morgan fingerprint density at radius 3 is 2.40 bits per heavy atom. The molecule has 2 atom stereocenters. The molecule has 2 fully saturated rings. The summed E-state index contributed by atoms with van der Waals surface area (Å²) in [6.07, 6.45) is 5.01. The van der Waals surface area contributed by atoms with Gasteiger partial charge in [-0.2, -0.15) is 0 Å². The van der Waals surface area contributed by atoms with E-state index in [0.29, 0.717) is 26.1 Å². The van der Waals surface area contributed by atoms with Crippen LogP contribution in [0.3, 0.4) is 0 Å². The first-order chi connectivity index (χ1) is 19.4. The van der Waals surface area contributed by atoms with Gasteiger partial charge in [0.25, 0.3) is 0 Å². The van der Waals surface area contributed by atoms with Crippen molar-refractivity contribution >= 4 is 15.8 Å². The number of hydrogen-bond donors (Lipinski definition) is 0. The van der Waals surface area contributed by atoms with Gasteiger partial charge >= 0.3 is 5.97 Å². The van der Waals surface area contributed by atoms with E-state index in [0.717, 1.165) is 48.3 Å². The van der Waals surface area contributed by atoms with Crippen molar-refractivity contribution in [1.29, 1.82) is 0 Å². The van der Waals surface area contributed by atoms with E-state index in [1.807, 2.05) is 25.1 Å². The molecule has 40 heavy (non-hydrogen) atoms. The molecule has 3 aromatic rings. The third-order valence-electron chi connectivity index (χ3n) is 8.33. The molecule has 1 heterocycles. The van der Waals surface area contributed by atoms with Crippen LogP contribution in [0.2, 0.25) is 0 Å². The lowest BCUT2D eigenvalue weighted by atomic mass is 9.95. The molecule has 0 bridgehead atoms. The van der Waals surface area contributed by atoms with Gasteiger partial charge in [-0.1, -0.05) is 30.3 Å². The first kappa shape index (κ1) is 26.9. The van der Waals surface area contributed by atoms with Crippen LogP contribution in [0.5, 0.6) is 11.5 Å². The number of aryl methyl sites for hydroxylation is 2. The molecule has 6 nitrogen and oxygen atoms in total. The fraction of sp³-hybridized carbons (Fsp3) is 0.424. The van der Waals surface area contributed by atoms with E-state index in [2.05, 4.69) is 42.5 Å². The summed E-state index contributed by atoms with van der Waals surface area (Å²) in [7, 11) is -2.90. The van der Waals surface area contributed by atoms with Gasteiger partial charge in [0.1, 0.15) is 24.2 Å². The van der Waals surface area contributed by atoms with E-state index in [-0.39, 0.29) is 35.4 Å². The summed E-state index contributed by atoms with van der Waals surface area (Å²) >= 11 is 0. The number of carbonyl (C=O) groups excluding carboxylic acids is 1. The second-order valence-corrected chi connectivity index (χ2v) is 13.5. The zero-order valence-corrected chi connectivity index (χ0v) is 23.8. The van der Waals surface area contributed by atoms with Gasteiger partial charge in [0.15, 0.2) is 9.84 Å². The molecule has 1 saturated carbocycles. The van der Waals surface area contributed by atoms with Crippen molar-refractivity contribution in [1.82, 2.24) is 0 Å². The zero-order valence-electron chi connectivity index (χ0n) is 22.9. The molecule has 0 spiro atoms. The highest BCUT2D eigenvalue weighted by Gasteiger charge is 2.45. The van der Waals surface area contributed by atoms with Crippen molar-refractivity contribution < 1.29 is 27.4 Å². The maximum absolute atomic E-state index is 12.0. The molecule has 3 aliphatic rings. The molecule has 0 radical (unpaired) electrons. The second kappa shape index (κ2) is 11.3. The molecule has 3 aromatic carbocycles. The average molecular weight is 561 g/mol. The SMILES string of the molecule is CCOC(=O)[C@H]1C[C@@H]1c1ccc(OCc2ccc3c(c2)-c2ccc(OC4CCS(=O)(=O)CC4)cc2CCC3)cc1. The number of fused-ring (bicyclic) bond motifs is 3. The number of sulfone groups is 1. The fourth-order valence-corrected chi connectivity index (χ4v) is 7.44. The van der Waals surface area contributed by atoms with Crippen LogP contribution in [-0.4, -0.2) is 38.6 Å². The van der Waals surface area contributed by atoms with Crippen LogP contribution < -0.4 is 9.47 Å². The van der Waals surface area contributed by atoms with Crippen LogP contribution >= 0.6 is 0 Å². The lowest BCUT2D eigenvalue weighted by Crippen LogP contribution is -2.30. The Labute approximate surface area is 236 Å². The van der Waals surface area contributed by atoms with Crippen molar-refractivity contribution in [3.05, 3.63) is 82.9 Å². The molecule has 1 aliphatic heterocycles. The molecule has 6 rings (SSSR count). The summed E-state index contributed by atoms with van der Waals surface area (Å²) in [6.45, 7) is 2.74. The summed E-state index contributed by atoms with van der Waals surface area (Å²) in [5.74, 6) is 2.20. The smallest absolute Gasteiger partial charge is 0.309 e. The molecule has 1 saturated heterocycles. The molecule has 0 unspecified atom stereocenters. The number of carbonyl (C=O) groups is 1. The molecule has 210 valence electrons. The van der Waals surface area contributed by atoms with Crippen LogP contribution in [0.15, 0.2) is 60.7 Å². The number of esters is 1. The summed E-state index contributed by atoms with van der Waals surface area (Å²) in [6, 6.07) is 21.0. The molecule has 0 N–H and O–H groups in total. The van der Waals surface area contributed by atoms with Crippen LogP contribution in [-0.2, 0) is 38.8 Å². The lowest BCUT2D eigenvalue weighted by molar-refractivity contribution is -0.144. The molecule has 2 aliphatic carbocycles. The number of rotatable bonds is 8. The summed E-state index contributed by atoms with van der Waals surface area (Å²) in [4.78, 5) is 12.0. The molecular formula is C33H36O6S. The highest BCUT2D eigenvalue weighted by atomic mass is 32.2. The minimum absolute atomic E-state index is 0.0112. The summed E-state index contributed by atoms with van der Waals surface area (Å²) in [5, 5.41) is 0. The van der Waals surface area contributed by atoms with Gasteiger partial charge in [-0.05, 0) is 115 Å². The Bertz CT molecular complexity index is 1480. The quantitative estimate of drug-likeness (QED) is 0.313. The standard InChI is InChI=1S/C33H36O6S/c1-2-37-33(34)32-20-31(32)24-8-10-26(11-9-24)38-21-22-6-7-23-4-3-5-25-19-28(12-13-29(25)30(23)18-22)39-27-14-16-40(35,36)17-15-27/h6-13,18-19,27,31-32H,2-5,14-17,20-21H2,1H3/t31-,32+/m1/s1. The van der Waals surface area contributed by atoms with Gasteiger partial charge < -0.3 is 14.2 Å². The Morgan fingerprint density at radius 2 is 1.62 bits per heavy atom. The number of ether oxygens (including phenoxy) is 3. The van der Waals surface area contributed by atoms with Crippen molar-refractivity contribution in [3.8, 4) is 22.6 Å². The largest absolute Gasteiger partial charge is 0.490 e. The first-order valence-corrected chi connectivity index (χ1v) is 16.2. The van der Waals surface area contributed by atoms with E-state index in [1.165, 1.54) is 22.3 Å². The summed E-state index contributed by atoms with van der Waals surface area (Å²) in [5.41, 5.74) is 7.37. The van der Waals surface area contributed by atoms with Gasteiger partial charge in [0, 0.05) is 0 Å². The predicted molar refractivity (Wildman–Crippen MR) is 154 cm³/mol. The first-order valence-electron chi connectivity index (χ1n) is 14.4. The van der Waals surface area contributed by atoms with E-state index in [1.54, 1.807) is 0 Å². The highest BCUT2D eigenvalue weighted by Crippen LogP contribution is 2.48. The maximum Gasteiger partial charge on any atom is 0.309 e. The Kier molecular flexibility index (Phi) is 7.58. The van der Waals surface area contributed by atoms with Gasteiger partial charge in [-0.3, -0.25) is 4.79 Å². The summed E-state index contributed by atoms with van der Waals surface area (Å²) < 4.78 is 41.0. The Morgan fingerprint density at radius 1 is 0.875 bits per heavy atom. The maximum atomic E-state index is 12.0. The molecule has 0 aromatic heterocycles. The van der Waals surface area contributed by atoms with E-state index in [9.17, 15) is 13.2 Å². The van der Waals surface area contributed by atoms with Gasteiger partial charge in [0.2, 0.25) is 0 Å². The molecule has 7 heteroatoms. The normalized spacial score (nSPS) is 21.4. The van der Waals surface area contributed by atoms with Crippen LogP contribution in [0.4, 0.5) is 0 Å². The lowest BCUT2D eigenvalue weighted by Gasteiger charge is -2.24. The minimum atomic E-state index is -2.90. The Hall–Kier alpha value is -3.32. The van der Waals surface area contributed by atoms with Gasteiger partial charge in [-0.25, -0.2) is 8.42 Å². The average Bonchev–Trinajstić information content (AvgIpc) is 3.77. The fourth-order valence-electron chi connectivity index (χ4n) is 5.99. The number of benzene rings is 3. The number of hydrogen-bond acceptors (Lipinski definition) is 6. The monoisotopic (exact) mass is 560 g/mol. The van der Waals surface area contributed by atoms with E-state index < -0.39 is 9.84 Å². The molecular weight excluding hydrogens is 524 g/mol. The third kappa shape index (κ3) is 6.04. The predicted octanol–water partition coefficient (Wildman–Crippen LogP) is 6.04. The molecule has 0 amide bonds. The van der Waals surface area contributed by atoms with Crippen molar-refractivity contribution in [2.45, 2.75) is 64.1 Å². The van der Waals surface area contributed by atoms with Crippen molar-refractivity contribution in [2.75, 3.05) is 18.1 Å². The second-order valence-electron chi connectivity index (χ2n) is 11.2. The van der Waals surface area contributed by atoms with E-state index >= 15 is 0 Å². The van der Waals surface area contributed by atoms with E-state index in [4.69, 9.17) is 14.2 Å². The minimum Gasteiger partial charge on any atom is -0.490 e. The van der Waals surface area contributed by atoms with Crippen molar-refractivity contribution in [2.24, 2.45) is 5.92 Å². The van der Waals surface area contributed by atoms with Crippen LogP contribution in [0.25, 0.3) is 11.1 Å². The van der Waals surface area contributed by atoms with Crippen LogP contribution in [0.1, 0.15) is 60.8 Å². The zero-order chi connectivity index (χ0) is 27.7. The Balaban J connectivity index is 1.11. The van der Waals surface area contributed by atoms with Gasteiger partial charge in [-0.15, -0.1) is 0 Å². The third-order valence-corrected chi connectivity index (χ3v) is 10.0. The van der Waals surface area contributed by atoms with Gasteiger partial charge in [0.05, 0.1) is 24.0 Å². The van der Waals surface area contributed by atoms with Crippen LogP contribution in [0, 0.1) is 5.92 Å². The topological polar surface area (TPSA) is 78.9 Å².